The number of amides is 2. The summed E-state index contributed by atoms with van der Waals surface area (Å²) in [5.41, 5.74) is 0.680. The Labute approximate surface area is 108 Å². The zero-order valence-electron chi connectivity index (χ0n) is 9.23. The third kappa shape index (κ3) is 1.62. The van der Waals surface area contributed by atoms with Crippen molar-refractivity contribution in [1.29, 1.82) is 0 Å². The third-order valence-electron chi connectivity index (χ3n) is 3.67. The summed E-state index contributed by atoms with van der Waals surface area (Å²) in [5.74, 6) is 0.0286. The standard InChI is InChI=1S/C13H12BrNO2/c14-10-3-1-2-4-11(10)15-12(16)8-5-6-9(7-8)13(15)17/h1-4,8-9H,5-7H2. The lowest BCUT2D eigenvalue weighted by molar-refractivity contribution is -0.133. The molecule has 3 nitrogen and oxygen atoms in total. The van der Waals surface area contributed by atoms with E-state index in [4.69, 9.17) is 0 Å². The molecule has 0 aromatic heterocycles. The fraction of sp³-hybridized carbons (Fsp3) is 0.385. The van der Waals surface area contributed by atoms with Crippen LogP contribution in [0.25, 0.3) is 0 Å². The van der Waals surface area contributed by atoms with E-state index in [0.717, 1.165) is 23.7 Å². The monoisotopic (exact) mass is 293 g/mol. The van der Waals surface area contributed by atoms with Crippen LogP contribution in [-0.2, 0) is 9.59 Å². The largest absolute Gasteiger partial charge is 0.274 e. The number of hydrogen-bond acceptors (Lipinski definition) is 2. The van der Waals surface area contributed by atoms with E-state index >= 15 is 0 Å². The molecule has 2 fully saturated rings. The Balaban J connectivity index is 2.05. The lowest BCUT2D eigenvalue weighted by Crippen LogP contribution is -2.46. The average Bonchev–Trinajstić information content (AvgIpc) is 2.76. The molecule has 1 heterocycles. The summed E-state index contributed by atoms with van der Waals surface area (Å²) in [6, 6.07) is 7.38. The normalized spacial score (nSPS) is 27.7. The van der Waals surface area contributed by atoms with Gasteiger partial charge in [-0.25, -0.2) is 4.90 Å². The van der Waals surface area contributed by atoms with Gasteiger partial charge >= 0.3 is 0 Å². The van der Waals surface area contributed by atoms with Gasteiger partial charge in [0.1, 0.15) is 0 Å². The quantitative estimate of drug-likeness (QED) is 0.747. The van der Waals surface area contributed by atoms with E-state index in [1.165, 1.54) is 4.90 Å². The van der Waals surface area contributed by atoms with Crippen LogP contribution in [0.1, 0.15) is 19.3 Å². The molecule has 0 N–H and O–H groups in total. The molecule has 17 heavy (non-hydrogen) atoms. The first kappa shape index (κ1) is 11.0. The number of piperidine rings is 1. The predicted octanol–water partition coefficient (Wildman–Crippen LogP) is 2.74. The maximum absolute atomic E-state index is 12.2. The van der Waals surface area contributed by atoms with Crippen molar-refractivity contribution in [2.45, 2.75) is 19.3 Å². The van der Waals surface area contributed by atoms with Gasteiger partial charge in [0.15, 0.2) is 0 Å². The minimum atomic E-state index is -0.0318. The van der Waals surface area contributed by atoms with Crippen molar-refractivity contribution in [2.24, 2.45) is 11.8 Å². The molecule has 2 atom stereocenters. The number of carbonyl (C=O) groups is 2. The van der Waals surface area contributed by atoms with Gasteiger partial charge in [-0.05, 0) is 47.3 Å². The van der Waals surface area contributed by atoms with Gasteiger partial charge in [0.05, 0.1) is 5.69 Å². The van der Waals surface area contributed by atoms with Crippen molar-refractivity contribution in [3.63, 3.8) is 0 Å². The number of imide groups is 1. The van der Waals surface area contributed by atoms with Crippen LogP contribution in [0.5, 0.6) is 0 Å². The molecule has 2 bridgehead atoms. The Hall–Kier alpha value is -1.16. The first-order chi connectivity index (χ1) is 8.18. The molecule has 2 amide bonds. The number of benzene rings is 1. The van der Waals surface area contributed by atoms with E-state index in [2.05, 4.69) is 15.9 Å². The Kier molecular flexibility index (Phi) is 2.54. The fourth-order valence-electron chi connectivity index (χ4n) is 2.77. The van der Waals surface area contributed by atoms with Crippen LogP contribution < -0.4 is 4.90 Å². The number of nitrogens with zero attached hydrogens (tertiary/aromatic N) is 1. The van der Waals surface area contributed by atoms with Gasteiger partial charge in [-0.2, -0.15) is 0 Å². The lowest BCUT2D eigenvalue weighted by atomic mass is 9.96. The molecule has 1 saturated carbocycles. The molecule has 1 aliphatic heterocycles. The highest BCUT2D eigenvalue weighted by molar-refractivity contribution is 9.10. The summed E-state index contributed by atoms with van der Waals surface area (Å²) < 4.78 is 0.794. The van der Waals surface area contributed by atoms with Crippen molar-refractivity contribution in [3.8, 4) is 0 Å². The smallest absolute Gasteiger partial charge is 0.236 e. The van der Waals surface area contributed by atoms with Gasteiger partial charge in [-0.3, -0.25) is 9.59 Å². The molecule has 1 saturated heterocycles. The van der Waals surface area contributed by atoms with E-state index in [1.807, 2.05) is 24.3 Å². The second-order valence-electron chi connectivity index (χ2n) is 4.67. The van der Waals surface area contributed by atoms with Gasteiger partial charge in [0, 0.05) is 16.3 Å². The Morgan fingerprint density at radius 1 is 1.06 bits per heavy atom. The summed E-state index contributed by atoms with van der Waals surface area (Å²) >= 11 is 3.40. The van der Waals surface area contributed by atoms with Crippen molar-refractivity contribution in [3.05, 3.63) is 28.7 Å². The zero-order valence-corrected chi connectivity index (χ0v) is 10.8. The van der Waals surface area contributed by atoms with Crippen molar-refractivity contribution < 1.29 is 9.59 Å². The van der Waals surface area contributed by atoms with Crippen LogP contribution in [0.4, 0.5) is 5.69 Å². The van der Waals surface area contributed by atoms with E-state index in [-0.39, 0.29) is 23.7 Å². The Bertz CT molecular complexity index is 478. The predicted molar refractivity (Wildman–Crippen MR) is 67.5 cm³/mol. The first-order valence-electron chi connectivity index (χ1n) is 5.81. The molecule has 0 radical (unpaired) electrons. The Morgan fingerprint density at radius 2 is 1.65 bits per heavy atom. The summed E-state index contributed by atoms with van der Waals surface area (Å²) in [6.07, 6.45) is 2.46. The SMILES string of the molecule is O=C1C2CCC(C2)C(=O)N1c1ccccc1Br. The van der Waals surface area contributed by atoms with Crippen molar-refractivity contribution >= 4 is 33.4 Å². The molecule has 2 unspecified atom stereocenters. The van der Waals surface area contributed by atoms with Crippen LogP contribution >= 0.6 is 15.9 Å². The lowest BCUT2D eigenvalue weighted by Gasteiger charge is -2.30. The minimum absolute atomic E-state index is 0.0318. The van der Waals surface area contributed by atoms with Crippen molar-refractivity contribution in [1.82, 2.24) is 0 Å². The average molecular weight is 294 g/mol. The van der Waals surface area contributed by atoms with E-state index < -0.39 is 0 Å². The topological polar surface area (TPSA) is 37.4 Å². The highest BCUT2D eigenvalue weighted by Crippen LogP contribution is 2.41. The second kappa shape index (κ2) is 3.95. The van der Waals surface area contributed by atoms with Crippen LogP contribution in [-0.4, -0.2) is 11.8 Å². The molecule has 1 aromatic rings. The molecule has 1 aromatic carbocycles. The van der Waals surface area contributed by atoms with E-state index in [1.54, 1.807) is 0 Å². The van der Waals surface area contributed by atoms with Gasteiger partial charge in [-0.15, -0.1) is 0 Å². The van der Waals surface area contributed by atoms with Gasteiger partial charge in [0.2, 0.25) is 11.8 Å². The van der Waals surface area contributed by atoms with Crippen LogP contribution in [0.15, 0.2) is 28.7 Å². The number of para-hydroxylation sites is 1. The molecule has 0 spiro atoms. The molecule has 3 rings (SSSR count). The number of hydrogen-bond donors (Lipinski definition) is 0. The van der Waals surface area contributed by atoms with Crippen LogP contribution in [0, 0.1) is 11.8 Å². The number of carbonyl (C=O) groups excluding carboxylic acids is 2. The molecular formula is C13H12BrNO2. The maximum Gasteiger partial charge on any atom is 0.236 e. The number of rotatable bonds is 1. The first-order valence-corrected chi connectivity index (χ1v) is 6.60. The van der Waals surface area contributed by atoms with Gasteiger partial charge < -0.3 is 0 Å². The van der Waals surface area contributed by atoms with E-state index in [0.29, 0.717) is 5.69 Å². The fourth-order valence-corrected chi connectivity index (χ4v) is 3.24. The Morgan fingerprint density at radius 3 is 2.24 bits per heavy atom. The molecule has 2 aliphatic rings. The van der Waals surface area contributed by atoms with E-state index in [9.17, 15) is 9.59 Å². The van der Waals surface area contributed by atoms with Crippen LogP contribution in [0.3, 0.4) is 0 Å². The minimum Gasteiger partial charge on any atom is -0.274 e. The summed E-state index contributed by atoms with van der Waals surface area (Å²) in [4.78, 5) is 25.8. The number of halogens is 1. The molecule has 1 aliphatic carbocycles. The summed E-state index contributed by atoms with van der Waals surface area (Å²) in [7, 11) is 0. The molecule has 88 valence electrons. The number of fused-ring (bicyclic) bond motifs is 2. The third-order valence-corrected chi connectivity index (χ3v) is 4.34. The van der Waals surface area contributed by atoms with Crippen molar-refractivity contribution in [2.75, 3.05) is 4.90 Å². The summed E-state index contributed by atoms with van der Waals surface area (Å²) in [5, 5.41) is 0. The van der Waals surface area contributed by atoms with Gasteiger partial charge in [-0.1, -0.05) is 12.1 Å². The molecular weight excluding hydrogens is 282 g/mol. The zero-order chi connectivity index (χ0) is 12.0. The second-order valence-corrected chi connectivity index (χ2v) is 5.52. The number of anilines is 1. The van der Waals surface area contributed by atoms with Crippen LogP contribution in [0.2, 0.25) is 0 Å². The highest BCUT2D eigenvalue weighted by Gasteiger charge is 2.46. The maximum atomic E-state index is 12.2. The highest BCUT2D eigenvalue weighted by atomic mass is 79.9. The summed E-state index contributed by atoms with van der Waals surface area (Å²) in [6.45, 7) is 0. The molecule has 4 heteroatoms. The van der Waals surface area contributed by atoms with Gasteiger partial charge in [0.25, 0.3) is 0 Å².